The lowest BCUT2D eigenvalue weighted by Crippen LogP contribution is -2.32. The Bertz CT molecular complexity index is 1200. The van der Waals surface area contributed by atoms with Gasteiger partial charge in [-0.1, -0.05) is 58.7 Å². The van der Waals surface area contributed by atoms with E-state index in [0.717, 1.165) is 18.4 Å². The monoisotopic (exact) mass is 503 g/mol. The number of nitrogens with zero attached hydrogens (tertiary/aromatic N) is 4. The van der Waals surface area contributed by atoms with Crippen LogP contribution in [0.1, 0.15) is 40.6 Å². The van der Waals surface area contributed by atoms with Gasteiger partial charge in [-0.3, -0.25) is 9.59 Å². The second kappa shape index (κ2) is 10.2. The van der Waals surface area contributed by atoms with Gasteiger partial charge in [0.25, 0.3) is 5.91 Å². The van der Waals surface area contributed by atoms with Crippen molar-refractivity contribution in [3.63, 3.8) is 0 Å². The molecule has 4 rings (SSSR count). The highest BCUT2D eigenvalue weighted by Gasteiger charge is 2.34. The molecule has 1 aliphatic heterocycles. The minimum atomic E-state index is -0.231. The van der Waals surface area contributed by atoms with Crippen LogP contribution in [0.15, 0.2) is 47.6 Å². The van der Waals surface area contributed by atoms with Gasteiger partial charge in [0, 0.05) is 19.2 Å². The van der Waals surface area contributed by atoms with E-state index in [0.29, 0.717) is 38.8 Å². The van der Waals surface area contributed by atoms with Crippen molar-refractivity contribution >= 4 is 52.5 Å². The fourth-order valence-electron chi connectivity index (χ4n) is 3.88. The van der Waals surface area contributed by atoms with E-state index in [9.17, 15) is 9.59 Å². The number of aromatic nitrogens is 3. The van der Waals surface area contributed by atoms with Crippen molar-refractivity contribution in [1.29, 1.82) is 0 Å². The third-order valence-corrected chi connectivity index (χ3v) is 7.34. The van der Waals surface area contributed by atoms with E-state index in [4.69, 9.17) is 23.2 Å². The number of hydrogen-bond acceptors (Lipinski definition) is 5. The van der Waals surface area contributed by atoms with E-state index in [1.165, 1.54) is 11.8 Å². The third-order valence-electron chi connectivity index (χ3n) is 5.50. The van der Waals surface area contributed by atoms with Gasteiger partial charge in [0.15, 0.2) is 11.0 Å². The van der Waals surface area contributed by atoms with Crippen LogP contribution in [-0.2, 0) is 11.8 Å². The van der Waals surface area contributed by atoms with Crippen LogP contribution < -0.4 is 5.32 Å². The van der Waals surface area contributed by atoms with Crippen LogP contribution in [0.5, 0.6) is 0 Å². The van der Waals surface area contributed by atoms with Crippen LogP contribution in [0.25, 0.3) is 0 Å². The van der Waals surface area contributed by atoms with Crippen LogP contribution in [-0.4, -0.2) is 43.8 Å². The molecule has 0 saturated carbocycles. The highest BCUT2D eigenvalue weighted by molar-refractivity contribution is 7.99. The molecule has 2 heterocycles. The first-order valence-corrected chi connectivity index (χ1v) is 12.2. The predicted molar refractivity (Wildman–Crippen MR) is 131 cm³/mol. The number of rotatable bonds is 6. The van der Waals surface area contributed by atoms with Crippen molar-refractivity contribution < 1.29 is 9.59 Å². The minimum Gasteiger partial charge on any atom is -0.328 e. The van der Waals surface area contributed by atoms with E-state index in [2.05, 4.69) is 15.5 Å². The van der Waals surface area contributed by atoms with E-state index >= 15 is 0 Å². The number of thioether (sulfide) groups is 1. The second-order valence-corrected chi connectivity index (χ2v) is 9.59. The van der Waals surface area contributed by atoms with Crippen molar-refractivity contribution in [3.8, 4) is 0 Å². The Morgan fingerprint density at radius 3 is 2.76 bits per heavy atom. The molecule has 1 atom stereocenters. The Morgan fingerprint density at radius 1 is 1.18 bits per heavy atom. The first-order chi connectivity index (χ1) is 15.8. The van der Waals surface area contributed by atoms with Gasteiger partial charge in [-0.15, -0.1) is 10.2 Å². The number of benzene rings is 2. The molecule has 1 saturated heterocycles. The summed E-state index contributed by atoms with van der Waals surface area (Å²) >= 11 is 13.4. The molecular weight excluding hydrogens is 481 g/mol. The maximum atomic E-state index is 13.1. The summed E-state index contributed by atoms with van der Waals surface area (Å²) in [4.78, 5) is 27.4. The maximum absolute atomic E-state index is 13.1. The lowest BCUT2D eigenvalue weighted by molar-refractivity contribution is -0.113. The highest BCUT2D eigenvalue weighted by Crippen LogP contribution is 2.34. The summed E-state index contributed by atoms with van der Waals surface area (Å²) in [5.41, 5.74) is 2.19. The van der Waals surface area contributed by atoms with E-state index < -0.39 is 0 Å². The average molecular weight is 504 g/mol. The Labute approximate surface area is 206 Å². The normalized spacial score (nSPS) is 15.6. The summed E-state index contributed by atoms with van der Waals surface area (Å²) in [6.45, 7) is 2.65. The molecule has 10 heteroatoms. The standard InChI is InChI=1S/C23H23Cl2N5O2S/c1-14-6-3-7-15(12-14)22(32)30-11-5-10-18(30)21-27-28-23(29(21)2)33-13-19(31)26-17-9-4-8-16(24)20(17)25/h3-4,6-9,12,18H,5,10-11,13H2,1-2H3,(H,26,31). The molecular formula is C23H23Cl2N5O2S. The van der Waals surface area contributed by atoms with Crippen molar-refractivity contribution in [2.45, 2.75) is 31.0 Å². The molecule has 7 nitrogen and oxygen atoms in total. The second-order valence-electron chi connectivity index (χ2n) is 7.86. The molecule has 0 spiro atoms. The molecule has 0 radical (unpaired) electrons. The molecule has 1 aromatic heterocycles. The Kier molecular flexibility index (Phi) is 7.26. The number of likely N-dealkylation sites (tertiary alicyclic amines) is 1. The van der Waals surface area contributed by atoms with E-state index in [-0.39, 0.29) is 23.6 Å². The summed E-state index contributed by atoms with van der Waals surface area (Å²) in [5.74, 6) is 0.613. The molecule has 2 amide bonds. The zero-order valence-corrected chi connectivity index (χ0v) is 20.5. The first kappa shape index (κ1) is 23.6. The van der Waals surface area contributed by atoms with Crippen LogP contribution in [0.3, 0.4) is 0 Å². The van der Waals surface area contributed by atoms with Crippen LogP contribution in [0.4, 0.5) is 5.69 Å². The lowest BCUT2D eigenvalue weighted by atomic mass is 10.1. The summed E-state index contributed by atoms with van der Waals surface area (Å²) in [6.07, 6.45) is 1.72. The largest absolute Gasteiger partial charge is 0.328 e. The fraction of sp³-hybridized carbons (Fsp3) is 0.304. The van der Waals surface area contributed by atoms with Crippen molar-refractivity contribution in [1.82, 2.24) is 19.7 Å². The zero-order valence-electron chi connectivity index (χ0n) is 18.2. The SMILES string of the molecule is Cc1cccc(C(=O)N2CCCC2c2nnc(SCC(=O)Nc3cccc(Cl)c3Cl)n2C)c1. The molecule has 1 aliphatic rings. The van der Waals surface area contributed by atoms with E-state index in [1.807, 2.05) is 47.7 Å². The van der Waals surface area contributed by atoms with Gasteiger partial charge in [0.1, 0.15) is 0 Å². The molecule has 1 fully saturated rings. The van der Waals surface area contributed by atoms with Gasteiger partial charge in [0.2, 0.25) is 5.91 Å². The number of amides is 2. The third kappa shape index (κ3) is 5.18. The Hall–Kier alpha value is -2.55. The minimum absolute atomic E-state index is 0.00354. The fourth-order valence-corrected chi connectivity index (χ4v) is 4.95. The number of carbonyl (C=O) groups excluding carboxylic acids is 2. The molecule has 172 valence electrons. The molecule has 0 bridgehead atoms. The van der Waals surface area contributed by atoms with Crippen molar-refractivity contribution in [3.05, 3.63) is 69.5 Å². The average Bonchev–Trinajstić information content (AvgIpc) is 3.41. The maximum Gasteiger partial charge on any atom is 0.254 e. The first-order valence-electron chi connectivity index (χ1n) is 10.5. The molecule has 33 heavy (non-hydrogen) atoms. The van der Waals surface area contributed by atoms with Gasteiger partial charge in [-0.25, -0.2) is 0 Å². The van der Waals surface area contributed by atoms with Gasteiger partial charge < -0.3 is 14.8 Å². The topological polar surface area (TPSA) is 80.1 Å². The van der Waals surface area contributed by atoms with Crippen LogP contribution in [0.2, 0.25) is 10.0 Å². The molecule has 3 aromatic rings. The number of aryl methyl sites for hydroxylation is 1. The molecule has 2 aromatic carbocycles. The molecule has 1 unspecified atom stereocenters. The number of nitrogens with one attached hydrogen (secondary N) is 1. The van der Waals surface area contributed by atoms with Gasteiger partial charge in [0.05, 0.1) is 27.5 Å². The summed E-state index contributed by atoms with van der Waals surface area (Å²) in [5, 5.41) is 12.7. The zero-order chi connectivity index (χ0) is 23.5. The van der Waals surface area contributed by atoms with Crippen LogP contribution in [0, 0.1) is 6.92 Å². The quantitative estimate of drug-likeness (QED) is 0.471. The van der Waals surface area contributed by atoms with Gasteiger partial charge in [-0.05, 0) is 44.0 Å². The number of carbonyl (C=O) groups is 2. The Morgan fingerprint density at radius 2 is 1.97 bits per heavy atom. The summed E-state index contributed by atoms with van der Waals surface area (Å²) in [6, 6.07) is 12.5. The van der Waals surface area contributed by atoms with Gasteiger partial charge >= 0.3 is 0 Å². The number of halogens is 2. The summed E-state index contributed by atoms with van der Waals surface area (Å²) < 4.78 is 1.86. The molecule has 1 N–H and O–H groups in total. The predicted octanol–water partition coefficient (Wildman–Crippen LogP) is 5.14. The number of anilines is 1. The molecule has 0 aliphatic carbocycles. The van der Waals surface area contributed by atoms with Crippen molar-refractivity contribution in [2.75, 3.05) is 17.6 Å². The van der Waals surface area contributed by atoms with Crippen LogP contribution >= 0.6 is 35.0 Å². The lowest BCUT2D eigenvalue weighted by Gasteiger charge is -2.24. The number of hydrogen-bond donors (Lipinski definition) is 1. The van der Waals surface area contributed by atoms with Crippen molar-refractivity contribution in [2.24, 2.45) is 7.05 Å². The summed E-state index contributed by atoms with van der Waals surface area (Å²) in [7, 11) is 1.86. The highest BCUT2D eigenvalue weighted by atomic mass is 35.5. The van der Waals surface area contributed by atoms with E-state index in [1.54, 1.807) is 18.2 Å². The smallest absolute Gasteiger partial charge is 0.254 e. The Balaban J connectivity index is 1.43. The van der Waals surface area contributed by atoms with Gasteiger partial charge in [-0.2, -0.15) is 0 Å².